The topological polar surface area (TPSA) is 13.0 Å². The van der Waals surface area contributed by atoms with Gasteiger partial charge in [-0.15, -0.1) is 0 Å². The molecule has 0 amide bonds. The van der Waals surface area contributed by atoms with Gasteiger partial charge < -0.3 is 19.6 Å². The normalized spacial score (nSPS) is 14.9. The van der Waals surface area contributed by atoms with E-state index in [0.29, 0.717) is 0 Å². The van der Waals surface area contributed by atoms with E-state index in [1.165, 1.54) is 206 Å². The highest BCUT2D eigenvalue weighted by Gasteiger charge is 2.55. The molecule has 131 heavy (non-hydrogen) atoms. The maximum absolute atomic E-state index is 2.81. The van der Waals surface area contributed by atoms with Crippen LogP contribution >= 0.6 is 0 Å². The lowest BCUT2D eigenvalue weighted by Crippen LogP contribution is -2.65. The van der Waals surface area contributed by atoms with Gasteiger partial charge in [0, 0.05) is 68.2 Å². The van der Waals surface area contributed by atoms with Gasteiger partial charge >= 0.3 is 0 Å². The third-order valence-electron chi connectivity index (χ3n) is 30.0. The molecule has 660 valence electrons. The van der Waals surface area contributed by atoms with Crippen LogP contribution < -0.4 is 52.4 Å². The van der Waals surface area contributed by atoms with Gasteiger partial charge in [-0.2, -0.15) is 0 Å². The Labute approximate surface area is 785 Å². The molecular formula is C125H134B2N4. The molecule has 0 unspecified atom stereocenters. The second-order valence-electron chi connectivity index (χ2n) is 49.6. The first-order valence-corrected chi connectivity index (χ1v) is 48.4. The van der Waals surface area contributed by atoms with E-state index in [9.17, 15) is 0 Å². The van der Waals surface area contributed by atoms with Crippen LogP contribution in [0.1, 0.15) is 286 Å². The van der Waals surface area contributed by atoms with Gasteiger partial charge in [-0.1, -0.05) is 384 Å². The van der Waals surface area contributed by atoms with Crippen LogP contribution in [-0.4, -0.2) is 13.4 Å². The molecular weight excluding hydrogens is 1580 g/mol. The van der Waals surface area contributed by atoms with Crippen molar-refractivity contribution in [3.05, 3.63) is 345 Å². The summed E-state index contributed by atoms with van der Waals surface area (Å²) in [4.78, 5) is 11.0. The van der Waals surface area contributed by atoms with Gasteiger partial charge in [-0.3, -0.25) is 0 Å². The summed E-state index contributed by atoms with van der Waals surface area (Å²) in [6.45, 7) is 71.5. The zero-order valence-corrected chi connectivity index (χ0v) is 83.8. The van der Waals surface area contributed by atoms with Crippen molar-refractivity contribution >= 4 is 114 Å². The van der Waals surface area contributed by atoms with Crippen molar-refractivity contribution in [2.75, 3.05) is 19.6 Å². The standard InChI is InChI=1S/C125H134B2N4/c1-115(2,3)78-54-75(55-79(60-78)116(4,5)6)76-56-108-113-109(57-76)130(90-69-84(121(19,20)21)63-85(70-90)122(22,23)24)106-74-107-103(73-102(106)126(113)100-50-37-39-52-104(100)128(108)88-65-80(117(7,8)9)61-81(66-88)118(10,11)12)127-101-51-38-40-53-105(101)129(89-67-82(119(13,14)15)62-83(68-89)120(16,17)18)110-58-77(59-111(114(110)127)131(107)91-71-86(123(25,26)27)64-87(72-91)124(28,29)30)92-45-41-46-96-95-44-33-36-49-99(95)125(112(92)96)97-47-34-31-42-93(97)94-43-32-35-48-98(94)125/h31-74H,1-30H3. The Bertz CT molecular complexity index is 6880. The molecule has 4 nitrogen and oxygen atoms in total. The smallest absolute Gasteiger partial charge is 0.252 e. The highest BCUT2D eigenvalue weighted by Crippen LogP contribution is 2.66. The quantitative estimate of drug-likeness (QED) is 0.154. The SMILES string of the molecule is CC(C)(C)c1cc(-c2cc3c4c(c2)N(c2cc(C(C)(C)C)cc(C(C)(C)C)c2)c2cc5c(cc2B4c2ccccc2N3c2cc(C(C)(C)C)cc(C(C)(C)C)c2)B2c3ccccc3N(c3cc(C(C)(C)C)cc(C(C)(C)C)c3)c3cc(-c4cccc6c4C4(c7ccccc7-c7ccccc74)c4ccccc4-6)cc(c32)N5c2cc(C(C)(C)C)cc(C(C)(C)C)c2)cc(C(C)(C)C)c1. The monoisotopic (exact) mass is 1710 g/mol. The minimum Gasteiger partial charge on any atom is -0.311 e. The van der Waals surface area contributed by atoms with Crippen molar-refractivity contribution in [2.24, 2.45) is 0 Å². The van der Waals surface area contributed by atoms with E-state index < -0.39 is 5.41 Å². The molecule has 4 heterocycles. The van der Waals surface area contributed by atoms with Crippen LogP contribution in [0.4, 0.5) is 68.2 Å². The molecule has 0 fully saturated rings. The number of fused-ring (bicyclic) bond motifs is 18. The van der Waals surface area contributed by atoms with Crippen molar-refractivity contribution in [2.45, 2.75) is 267 Å². The van der Waals surface area contributed by atoms with Crippen molar-refractivity contribution in [3.63, 3.8) is 0 Å². The molecule has 0 saturated heterocycles. The average molecular weight is 1710 g/mol. The fraction of sp³-hybridized carbons (Fsp3) is 0.328. The molecule has 0 N–H and O–H groups in total. The summed E-state index contributed by atoms with van der Waals surface area (Å²) in [5, 5.41) is 0. The van der Waals surface area contributed by atoms with E-state index in [0.717, 1.165) is 17.1 Å². The van der Waals surface area contributed by atoms with Gasteiger partial charge in [0.05, 0.1) is 5.41 Å². The van der Waals surface area contributed by atoms with E-state index >= 15 is 0 Å². The number of para-hydroxylation sites is 2. The molecule has 0 radical (unpaired) electrons. The fourth-order valence-corrected chi connectivity index (χ4v) is 22.3. The molecule has 0 aromatic heterocycles. The highest BCUT2D eigenvalue weighted by atomic mass is 15.2. The Kier molecular flexibility index (Phi) is 19.5. The Morgan fingerprint density at radius 1 is 0.183 bits per heavy atom. The van der Waals surface area contributed by atoms with Crippen LogP contribution in [0.5, 0.6) is 0 Å². The van der Waals surface area contributed by atoms with Gasteiger partial charge in [0.1, 0.15) is 0 Å². The zero-order chi connectivity index (χ0) is 93.2. The summed E-state index contributed by atoms with van der Waals surface area (Å²) in [5.41, 5.74) is 47.7. The number of rotatable bonds is 6. The Hall–Kier alpha value is -11.6. The number of benzene rings is 14. The first-order valence-electron chi connectivity index (χ1n) is 48.4. The summed E-state index contributed by atoms with van der Waals surface area (Å²) in [6.07, 6.45) is 0. The van der Waals surface area contributed by atoms with Gasteiger partial charge in [0.25, 0.3) is 13.4 Å². The Morgan fingerprint density at radius 2 is 0.420 bits per heavy atom. The molecule has 20 rings (SSSR count). The van der Waals surface area contributed by atoms with Gasteiger partial charge in [-0.05, 0) is 300 Å². The molecule has 1 spiro atoms. The van der Waals surface area contributed by atoms with Crippen molar-refractivity contribution < 1.29 is 0 Å². The molecule has 6 heteroatoms. The second kappa shape index (κ2) is 29.2. The zero-order valence-electron chi connectivity index (χ0n) is 83.8. The largest absolute Gasteiger partial charge is 0.311 e. The summed E-state index contributed by atoms with van der Waals surface area (Å²) in [5.74, 6) is 0. The maximum Gasteiger partial charge on any atom is 0.252 e. The van der Waals surface area contributed by atoms with Gasteiger partial charge in [0.2, 0.25) is 0 Å². The molecule has 0 saturated carbocycles. The number of anilines is 12. The van der Waals surface area contributed by atoms with Crippen LogP contribution in [0, 0.1) is 0 Å². The van der Waals surface area contributed by atoms with E-state index in [4.69, 9.17) is 0 Å². The molecule has 14 aromatic rings. The fourth-order valence-electron chi connectivity index (χ4n) is 22.3. The van der Waals surface area contributed by atoms with Crippen molar-refractivity contribution in [1.82, 2.24) is 0 Å². The highest BCUT2D eigenvalue weighted by molar-refractivity contribution is 7.03. The Morgan fingerprint density at radius 3 is 0.725 bits per heavy atom. The predicted octanol–water partition coefficient (Wildman–Crippen LogP) is 30.5. The third-order valence-corrected chi connectivity index (χ3v) is 30.0. The van der Waals surface area contributed by atoms with E-state index in [1.807, 2.05) is 0 Å². The van der Waals surface area contributed by atoms with Crippen LogP contribution in [0.2, 0.25) is 0 Å². The lowest BCUT2D eigenvalue weighted by atomic mass is 9.30. The third kappa shape index (κ3) is 14.1. The van der Waals surface area contributed by atoms with E-state index in [2.05, 4.69) is 494 Å². The number of hydrogen-bond acceptors (Lipinski definition) is 4. The summed E-state index contributed by atoms with van der Waals surface area (Å²) >= 11 is 0. The molecule has 0 bridgehead atoms. The molecule has 0 atom stereocenters. The van der Waals surface area contributed by atoms with Crippen molar-refractivity contribution in [1.29, 1.82) is 0 Å². The summed E-state index contributed by atoms with van der Waals surface area (Å²) in [7, 11) is 0. The maximum atomic E-state index is 2.81. The van der Waals surface area contributed by atoms with Crippen LogP contribution in [0.25, 0.3) is 44.5 Å². The lowest BCUT2D eigenvalue weighted by molar-refractivity contribution is 0.568. The molecule has 4 aliphatic heterocycles. The van der Waals surface area contributed by atoms with Gasteiger partial charge in [0.15, 0.2) is 0 Å². The predicted molar refractivity (Wildman–Crippen MR) is 569 cm³/mol. The van der Waals surface area contributed by atoms with E-state index in [1.54, 1.807) is 0 Å². The number of hydrogen-bond donors (Lipinski definition) is 0. The average Bonchev–Trinajstić information content (AvgIpc) is 1.66. The van der Waals surface area contributed by atoms with Crippen LogP contribution in [0.15, 0.2) is 267 Å². The second-order valence-corrected chi connectivity index (χ2v) is 49.6. The lowest BCUT2D eigenvalue weighted by Gasteiger charge is -2.48. The van der Waals surface area contributed by atoms with Crippen LogP contribution in [-0.2, 0) is 59.6 Å². The van der Waals surface area contributed by atoms with Crippen LogP contribution in [0.3, 0.4) is 0 Å². The first kappa shape index (κ1) is 87.4. The summed E-state index contributed by atoms with van der Waals surface area (Å²) < 4.78 is 0. The minimum absolute atomic E-state index is 0.147. The van der Waals surface area contributed by atoms with Gasteiger partial charge in [-0.25, -0.2) is 0 Å². The van der Waals surface area contributed by atoms with Crippen molar-refractivity contribution in [3.8, 4) is 44.5 Å². The van der Waals surface area contributed by atoms with E-state index in [-0.39, 0.29) is 67.6 Å². The minimum atomic E-state index is -0.643. The molecule has 6 aliphatic rings. The number of nitrogens with zero attached hydrogens (tertiary/aromatic N) is 4. The Balaban J connectivity index is 0.981. The first-order chi connectivity index (χ1) is 61.3. The molecule has 2 aliphatic carbocycles. The molecule has 14 aromatic carbocycles. The summed E-state index contributed by atoms with van der Waals surface area (Å²) in [6, 6.07) is 109.